The van der Waals surface area contributed by atoms with Gasteiger partial charge in [-0.3, -0.25) is 4.79 Å². The Bertz CT molecular complexity index is 989. The normalized spacial score (nSPS) is 10.3. The van der Waals surface area contributed by atoms with Gasteiger partial charge in [-0.15, -0.1) is 0 Å². The van der Waals surface area contributed by atoms with E-state index >= 15 is 0 Å². The van der Waals surface area contributed by atoms with Crippen molar-refractivity contribution in [1.82, 2.24) is 9.97 Å². The third-order valence-corrected chi connectivity index (χ3v) is 4.20. The molecule has 7 heteroatoms. The monoisotopic (exact) mass is 390 g/mol. The fourth-order valence-electron chi connectivity index (χ4n) is 2.76. The molecule has 0 aliphatic carbocycles. The quantitative estimate of drug-likeness (QED) is 0.600. The number of hydrogen-bond acceptors (Lipinski definition) is 6. The van der Waals surface area contributed by atoms with Crippen molar-refractivity contribution in [2.75, 3.05) is 24.3 Å². The zero-order chi connectivity index (χ0) is 20.6. The lowest BCUT2D eigenvalue weighted by molar-refractivity contribution is 0.0600. The van der Waals surface area contributed by atoms with Crippen LogP contribution in [0.3, 0.4) is 0 Å². The number of nitrogens with one attached hydrogen (secondary N) is 2. The lowest BCUT2D eigenvalue weighted by atomic mass is 10.1. The Kier molecular flexibility index (Phi) is 6.52. The van der Waals surface area contributed by atoms with Crippen LogP contribution in [0.1, 0.15) is 32.2 Å². The molecule has 1 aromatic heterocycles. The van der Waals surface area contributed by atoms with E-state index < -0.39 is 5.97 Å². The SMILES string of the molecule is COC(=O)c1ccc(NC(=O)c2cc(NCCc3ccccc3)nc(C)n2)cc1. The number of esters is 1. The van der Waals surface area contributed by atoms with E-state index in [9.17, 15) is 9.59 Å². The zero-order valence-corrected chi connectivity index (χ0v) is 16.3. The fraction of sp³-hybridized carbons (Fsp3) is 0.182. The minimum atomic E-state index is -0.430. The van der Waals surface area contributed by atoms with Gasteiger partial charge >= 0.3 is 5.97 Å². The van der Waals surface area contributed by atoms with Crippen molar-refractivity contribution in [3.63, 3.8) is 0 Å². The molecule has 0 radical (unpaired) electrons. The minimum absolute atomic E-state index is 0.261. The molecule has 3 aromatic rings. The zero-order valence-electron chi connectivity index (χ0n) is 16.3. The first-order valence-corrected chi connectivity index (χ1v) is 9.18. The molecule has 148 valence electrons. The number of rotatable bonds is 7. The first-order valence-electron chi connectivity index (χ1n) is 9.18. The van der Waals surface area contributed by atoms with Crippen molar-refractivity contribution in [2.24, 2.45) is 0 Å². The maximum atomic E-state index is 12.6. The first-order chi connectivity index (χ1) is 14.0. The molecule has 0 bridgehead atoms. The lowest BCUT2D eigenvalue weighted by Crippen LogP contribution is -2.16. The van der Waals surface area contributed by atoms with E-state index in [1.165, 1.54) is 12.7 Å². The van der Waals surface area contributed by atoms with E-state index in [1.54, 1.807) is 37.3 Å². The number of methoxy groups -OCH3 is 1. The van der Waals surface area contributed by atoms with Gasteiger partial charge < -0.3 is 15.4 Å². The summed E-state index contributed by atoms with van der Waals surface area (Å²) in [4.78, 5) is 32.6. The van der Waals surface area contributed by atoms with Crippen LogP contribution >= 0.6 is 0 Å². The lowest BCUT2D eigenvalue weighted by Gasteiger charge is -2.10. The summed E-state index contributed by atoms with van der Waals surface area (Å²) in [7, 11) is 1.32. The highest BCUT2D eigenvalue weighted by atomic mass is 16.5. The van der Waals surface area contributed by atoms with E-state index in [4.69, 9.17) is 0 Å². The van der Waals surface area contributed by atoms with Gasteiger partial charge in [0.1, 0.15) is 17.3 Å². The van der Waals surface area contributed by atoms with Crippen LogP contribution < -0.4 is 10.6 Å². The summed E-state index contributed by atoms with van der Waals surface area (Å²) in [5.41, 5.74) is 2.45. The Labute approximate surface area is 169 Å². The number of benzene rings is 2. The average molecular weight is 390 g/mol. The van der Waals surface area contributed by atoms with E-state index in [0.717, 1.165) is 6.42 Å². The Morgan fingerprint density at radius 1 is 1.00 bits per heavy atom. The molecule has 0 saturated heterocycles. The molecule has 2 aromatic carbocycles. The van der Waals surface area contributed by atoms with Crippen molar-refractivity contribution < 1.29 is 14.3 Å². The standard InChI is InChI=1S/C22H22N4O3/c1-15-24-19(14-20(25-15)23-13-12-16-6-4-3-5-7-16)21(27)26-18-10-8-17(9-11-18)22(28)29-2/h3-11,14H,12-13H2,1-2H3,(H,26,27)(H,23,24,25). The Morgan fingerprint density at radius 2 is 1.72 bits per heavy atom. The summed E-state index contributed by atoms with van der Waals surface area (Å²) in [5, 5.41) is 6.01. The van der Waals surface area contributed by atoms with Crippen LogP contribution in [0.2, 0.25) is 0 Å². The number of amides is 1. The third kappa shape index (κ3) is 5.62. The molecule has 3 rings (SSSR count). The third-order valence-electron chi connectivity index (χ3n) is 4.20. The van der Waals surface area contributed by atoms with Crippen molar-refractivity contribution >= 4 is 23.4 Å². The van der Waals surface area contributed by atoms with Crippen LogP contribution in [0.15, 0.2) is 60.7 Å². The van der Waals surface area contributed by atoms with Gasteiger partial charge in [0.2, 0.25) is 0 Å². The Morgan fingerprint density at radius 3 is 2.41 bits per heavy atom. The molecular weight excluding hydrogens is 368 g/mol. The highest BCUT2D eigenvalue weighted by Crippen LogP contribution is 2.13. The summed E-state index contributed by atoms with van der Waals surface area (Å²) < 4.78 is 4.66. The van der Waals surface area contributed by atoms with E-state index in [0.29, 0.717) is 29.4 Å². The van der Waals surface area contributed by atoms with Crippen LogP contribution in [0.25, 0.3) is 0 Å². The number of carbonyl (C=O) groups excluding carboxylic acids is 2. The molecule has 0 spiro atoms. The van der Waals surface area contributed by atoms with Crippen molar-refractivity contribution in [3.8, 4) is 0 Å². The predicted molar refractivity (Wildman–Crippen MR) is 111 cm³/mol. The van der Waals surface area contributed by atoms with Crippen molar-refractivity contribution in [1.29, 1.82) is 0 Å². The van der Waals surface area contributed by atoms with Gasteiger partial charge in [0, 0.05) is 18.3 Å². The van der Waals surface area contributed by atoms with Crippen molar-refractivity contribution in [3.05, 3.63) is 83.3 Å². The van der Waals surface area contributed by atoms with Gasteiger partial charge in [-0.25, -0.2) is 14.8 Å². The number of aromatic nitrogens is 2. The molecule has 0 unspecified atom stereocenters. The highest BCUT2D eigenvalue weighted by Gasteiger charge is 2.12. The predicted octanol–water partition coefficient (Wildman–Crippen LogP) is 3.48. The molecule has 0 atom stereocenters. The molecular formula is C22H22N4O3. The molecule has 0 fully saturated rings. The smallest absolute Gasteiger partial charge is 0.337 e. The highest BCUT2D eigenvalue weighted by molar-refractivity contribution is 6.03. The minimum Gasteiger partial charge on any atom is -0.465 e. The number of ether oxygens (including phenoxy) is 1. The summed E-state index contributed by atoms with van der Waals surface area (Å²) in [6.45, 7) is 2.43. The summed E-state index contributed by atoms with van der Waals surface area (Å²) in [6.07, 6.45) is 0.845. The van der Waals surface area contributed by atoms with Crippen LogP contribution in [0, 0.1) is 6.92 Å². The van der Waals surface area contributed by atoms with Crippen LogP contribution in [-0.4, -0.2) is 35.5 Å². The summed E-state index contributed by atoms with van der Waals surface area (Å²) in [6, 6.07) is 18.2. The Balaban J connectivity index is 1.63. The Hall–Kier alpha value is -3.74. The molecule has 2 N–H and O–H groups in total. The second-order valence-corrected chi connectivity index (χ2v) is 6.37. The van der Waals surface area contributed by atoms with Crippen LogP contribution in [0.4, 0.5) is 11.5 Å². The summed E-state index contributed by atoms with van der Waals surface area (Å²) in [5.74, 6) is 0.313. The topological polar surface area (TPSA) is 93.2 Å². The number of aryl methyl sites for hydroxylation is 1. The van der Waals surface area contributed by atoms with Gasteiger partial charge in [0.05, 0.1) is 12.7 Å². The molecule has 7 nitrogen and oxygen atoms in total. The molecule has 1 heterocycles. The van der Waals surface area contributed by atoms with E-state index in [-0.39, 0.29) is 11.6 Å². The maximum absolute atomic E-state index is 12.6. The molecule has 29 heavy (non-hydrogen) atoms. The van der Waals surface area contributed by atoms with Gasteiger partial charge in [0.15, 0.2) is 0 Å². The van der Waals surface area contributed by atoms with Gasteiger partial charge in [-0.05, 0) is 43.2 Å². The number of anilines is 2. The van der Waals surface area contributed by atoms with Gasteiger partial charge in [0.25, 0.3) is 5.91 Å². The molecule has 0 saturated carbocycles. The van der Waals surface area contributed by atoms with Crippen LogP contribution in [0.5, 0.6) is 0 Å². The second kappa shape index (κ2) is 9.45. The number of carbonyl (C=O) groups is 2. The number of hydrogen-bond donors (Lipinski definition) is 2. The molecule has 0 aliphatic heterocycles. The summed E-state index contributed by atoms with van der Waals surface area (Å²) >= 11 is 0. The van der Waals surface area contributed by atoms with Crippen LogP contribution in [-0.2, 0) is 11.2 Å². The van der Waals surface area contributed by atoms with Crippen molar-refractivity contribution in [2.45, 2.75) is 13.3 Å². The van der Waals surface area contributed by atoms with Gasteiger partial charge in [-0.2, -0.15) is 0 Å². The second-order valence-electron chi connectivity index (χ2n) is 6.37. The fourth-order valence-corrected chi connectivity index (χ4v) is 2.76. The van der Waals surface area contributed by atoms with E-state index in [1.807, 2.05) is 18.2 Å². The molecule has 0 aliphatic rings. The average Bonchev–Trinajstić information content (AvgIpc) is 2.74. The first kappa shape index (κ1) is 20.0. The largest absolute Gasteiger partial charge is 0.465 e. The number of nitrogens with zero attached hydrogens (tertiary/aromatic N) is 2. The van der Waals surface area contributed by atoms with E-state index in [2.05, 4.69) is 37.5 Å². The molecule has 1 amide bonds. The van der Waals surface area contributed by atoms with Gasteiger partial charge in [-0.1, -0.05) is 30.3 Å². The maximum Gasteiger partial charge on any atom is 0.337 e.